The lowest BCUT2D eigenvalue weighted by Crippen LogP contribution is -2.34. The predicted octanol–water partition coefficient (Wildman–Crippen LogP) is 4.18. The molecule has 0 spiro atoms. The minimum absolute atomic E-state index is 0.0195. The van der Waals surface area contributed by atoms with Crippen LogP contribution in [0.1, 0.15) is 41.6 Å². The highest BCUT2D eigenvalue weighted by Gasteiger charge is 2.37. The van der Waals surface area contributed by atoms with Crippen molar-refractivity contribution in [2.75, 3.05) is 25.0 Å². The summed E-state index contributed by atoms with van der Waals surface area (Å²) in [5.41, 5.74) is 2.17. The number of halogens is 1. The average molecular weight is 452 g/mol. The number of rotatable bonds is 6. The van der Waals surface area contributed by atoms with Crippen molar-refractivity contribution in [3.05, 3.63) is 76.5 Å². The molecule has 0 bridgehead atoms. The van der Waals surface area contributed by atoms with Crippen molar-refractivity contribution < 1.29 is 14.4 Å². The van der Waals surface area contributed by atoms with Crippen LogP contribution in [0.2, 0.25) is 0 Å². The van der Waals surface area contributed by atoms with E-state index in [1.54, 1.807) is 24.3 Å². The molecule has 3 amide bonds. The van der Waals surface area contributed by atoms with Crippen LogP contribution in [-0.4, -0.2) is 47.2 Å². The van der Waals surface area contributed by atoms with E-state index in [4.69, 9.17) is 11.6 Å². The van der Waals surface area contributed by atoms with Crippen molar-refractivity contribution in [2.45, 2.75) is 32.1 Å². The zero-order chi connectivity index (χ0) is 22.5. The predicted molar refractivity (Wildman–Crippen MR) is 124 cm³/mol. The second-order valence-electron chi connectivity index (χ2n) is 8.10. The van der Waals surface area contributed by atoms with Crippen molar-refractivity contribution in [3.8, 4) is 0 Å². The van der Waals surface area contributed by atoms with Gasteiger partial charge in [0.2, 0.25) is 0 Å². The summed E-state index contributed by atoms with van der Waals surface area (Å²) in [6.07, 6.45) is 4.88. The Labute approximate surface area is 192 Å². The van der Waals surface area contributed by atoms with E-state index in [0.717, 1.165) is 49.2 Å². The molecule has 0 aromatic heterocycles. The van der Waals surface area contributed by atoms with Crippen LogP contribution in [0.25, 0.3) is 0 Å². The monoisotopic (exact) mass is 451 g/mol. The van der Waals surface area contributed by atoms with E-state index in [0.29, 0.717) is 17.7 Å². The number of benzene rings is 2. The van der Waals surface area contributed by atoms with Gasteiger partial charge in [0.05, 0.1) is 0 Å². The van der Waals surface area contributed by atoms with Gasteiger partial charge in [0, 0.05) is 30.9 Å². The van der Waals surface area contributed by atoms with Crippen molar-refractivity contribution in [2.24, 2.45) is 0 Å². The molecule has 4 rings (SSSR count). The molecule has 2 aliphatic heterocycles. The number of hydrogen-bond donors (Lipinski definition) is 1. The summed E-state index contributed by atoms with van der Waals surface area (Å²) >= 11 is 6.22. The molecule has 166 valence electrons. The Kier molecular flexibility index (Phi) is 6.90. The van der Waals surface area contributed by atoms with E-state index in [1.807, 2.05) is 35.2 Å². The van der Waals surface area contributed by atoms with Crippen LogP contribution in [0.15, 0.2) is 65.3 Å². The summed E-state index contributed by atoms with van der Waals surface area (Å²) in [5, 5.41) is 2.84. The maximum Gasteiger partial charge on any atom is 0.278 e. The topological polar surface area (TPSA) is 69.7 Å². The third kappa shape index (κ3) is 4.86. The van der Waals surface area contributed by atoms with Gasteiger partial charge in [-0.3, -0.25) is 19.3 Å². The number of amides is 3. The fraction of sp³-hybridized carbons (Fsp3) is 0.320. The molecule has 1 N–H and O–H groups in total. The molecule has 0 aliphatic carbocycles. The fourth-order valence-corrected chi connectivity index (χ4v) is 4.30. The molecule has 2 aromatic rings. The standard InChI is InChI=1S/C25H26ClN3O3/c26-21-22(25(32)29(24(21)31)16-13-18-9-4-3-5-10-18)27-20-12-8-11-19(17-20)23(30)28-14-6-1-2-7-15-28/h3-5,8-12,17,27H,1-2,6-7,13-16H2. The van der Waals surface area contributed by atoms with Gasteiger partial charge in [0.1, 0.15) is 10.7 Å². The number of hydrogen-bond acceptors (Lipinski definition) is 4. The second-order valence-corrected chi connectivity index (χ2v) is 8.48. The molecule has 6 nitrogen and oxygen atoms in total. The molecular formula is C25H26ClN3O3. The lowest BCUT2D eigenvalue weighted by molar-refractivity contribution is -0.137. The molecule has 2 heterocycles. The van der Waals surface area contributed by atoms with Crippen LogP contribution < -0.4 is 5.32 Å². The highest BCUT2D eigenvalue weighted by Crippen LogP contribution is 2.26. The number of imide groups is 1. The fourth-order valence-electron chi connectivity index (χ4n) is 4.07. The Morgan fingerprint density at radius 1 is 0.906 bits per heavy atom. The third-order valence-electron chi connectivity index (χ3n) is 5.85. The minimum atomic E-state index is -0.508. The van der Waals surface area contributed by atoms with E-state index >= 15 is 0 Å². The van der Waals surface area contributed by atoms with Crippen LogP contribution >= 0.6 is 11.6 Å². The molecule has 0 atom stereocenters. The van der Waals surface area contributed by atoms with Crippen molar-refractivity contribution in [3.63, 3.8) is 0 Å². The normalized spacial score (nSPS) is 17.0. The molecule has 2 aliphatic rings. The lowest BCUT2D eigenvalue weighted by atomic mass is 10.1. The van der Waals surface area contributed by atoms with E-state index in [2.05, 4.69) is 5.32 Å². The summed E-state index contributed by atoms with van der Waals surface area (Å²) in [4.78, 5) is 41.4. The highest BCUT2D eigenvalue weighted by molar-refractivity contribution is 6.48. The minimum Gasteiger partial charge on any atom is -0.350 e. The van der Waals surface area contributed by atoms with E-state index in [1.165, 1.54) is 0 Å². The maximum atomic E-state index is 12.9. The number of likely N-dealkylation sites (tertiary alicyclic amines) is 1. The number of anilines is 1. The summed E-state index contributed by atoms with van der Waals surface area (Å²) in [5.74, 6) is -0.985. The van der Waals surface area contributed by atoms with E-state index < -0.39 is 11.8 Å². The quantitative estimate of drug-likeness (QED) is 0.669. The average Bonchev–Trinajstić information content (AvgIpc) is 3.03. The smallest absolute Gasteiger partial charge is 0.278 e. The first-order chi connectivity index (χ1) is 15.5. The third-order valence-corrected chi connectivity index (χ3v) is 6.20. The second kappa shape index (κ2) is 10.0. The first-order valence-electron chi connectivity index (χ1n) is 11.0. The highest BCUT2D eigenvalue weighted by atomic mass is 35.5. The van der Waals surface area contributed by atoms with E-state index in [-0.39, 0.29) is 23.2 Å². The molecule has 2 aromatic carbocycles. The first-order valence-corrected chi connectivity index (χ1v) is 11.4. The van der Waals surface area contributed by atoms with Gasteiger partial charge in [-0.15, -0.1) is 0 Å². The molecule has 1 saturated heterocycles. The zero-order valence-electron chi connectivity index (χ0n) is 17.9. The van der Waals surface area contributed by atoms with Gasteiger partial charge in [-0.05, 0) is 43.0 Å². The Bertz CT molecular complexity index is 1040. The summed E-state index contributed by atoms with van der Waals surface area (Å²) in [6.45, 7) is 1.77. The lowest BCUT2D eigenvalue weighted by Gasteiger charge is -2.20. The molecule has 32 heavy (non-hydrogen) atoms. The first kappa shape index (κ1) is 22.1. The van der Waals surface area contributed by atoms with Gasteiger partial charge in [-0.2, -0.15) is 0 Å². The van der Waals surface area contributed by atoms with Crippen LogP contribution in [0.3, 0.4) is 0 Å². The maximum absolute atomic E-state index is 12.9. The van der Waals surface area contributed by atoms with E-state index in [9.17, 15) is 14.4 Å². The van der Waals surface area contributed by atoms with Gasteiger partial charge < -0.3 is 10.2 Å². The van der Waals surface area contributed by atoms with Crippen molar-refractivity contribution >= 4 is 35.0 Å². The summed E-state index contributed by atoms with van der Waals surface area (Å²) in [6, 6.07) is 16.6. The van der Waals surface area contributed by atoms with Crippen LogP contribution in [0.4, 0.5) is 5.69 Å². The van der Waals surface area contributed by atoms with Crippen LogP contribution in [0, 0.1) is 0 Å². The number of carbonyl (C=O) groups excluding carboxylic acids is 3. The SMILES string of the molecule is O=C(c1cccc(NC2=C(Cl)C(=O)N(CCc3ccccc3)C2=O)c1)N1CCCCCC1. The molecular weight excluding hydrogens is 426 g/mol. The number of nitrogens with one attached hydrogen (secondary N) is 1. The summed E-state index contributed by atoms with van der Waals surface area (Å²) in [7, 11) is 0. The molecule has 0 radical (unpaired) electrons. The van der Waals surface area contributed by atoms with Gasteiger partial charge in [0.15, 0.2) is 0 Å². The Hall–Kier alpha value is -3.12. The van der Waals surface area contributed by atoms with Gasteiger partial charge in [0.25, 0.3) is 17.7 Å². The largest absolute Gasteiger partial charge is 0.350 e. The van der Waals surface area contributed by atoms with Crippen molar-refractivity contribution in [1.82, 2.24) is 9.80 Å². The molecule has 0 unspecified atom stereocenters. The molecule has 1 fully saturated rings. The molecule has 7 heteroatoms. The van der Waals surface area contributed by atoms with Gasteiger partial charge in [-0.25, -0.2) is 0 Å². The Morgan fingerprint density at radius 3 is 2.34 bits per heavy atom. The van der Waals surface area contributed by atoms with Crippen LogP contribution in [0.5, 0.6) is 0 Å². The summed E-state index contributed by atoms with van der Waals surface area (Å²) < 4.78 is 0. The van der Waals surface area contributed by atoms with Crippen molar-refractivity contribution in [1.29, 1.82) is 0 Å². The number of carbonyl (C=O) groups is 3. The number of nitrogens with zero attached hydrogens (tertiary/aromatic N) is 2. The van der Waals surface area contributed by atoms with Crippen LogP contribution in [-0.2, 0) is 16.0 Å². The van der Waals surface area contributed by atoms with Gasteiger partial charge in [-0.1, -0.05) is 60.8 Å². The Morgan fingerprint density at radius 2 is 1.62 bits per heavy atom. The Balaban J connectivity index is 1.45. The zero-order valence-corrected chi connectivity index (χ0v) is 18.6. The molecule has 0 saturated carbocycles. The van der Waals surface area contributed by atoms with Gasteiger partial charge >= 0.3 is 0 Å².